The predicted octanol–water partition coefficient (Wildman–Crippen LogP) is 2.60. The molecule has 0 aromatic heterocycles. The molecule has 0 spiro atoms. The van der Waals surface area contributed by atoms with Gasteiger partial charge in [0.2, 0.25) is 0 Å². The maximum Gasteiger partial charge on any atom is 0.119 e. The average Bonchev–Trinajstić information content (AvgIpc) is 2.59. The van der Waals surface area contributed by atoms with Crippen LogP contribution in [-0.2, 0) is 4.74 Å². The molecule has 1 saturated heterocycles. The topological polar surface area (TPSA) is 41.9 Å². The second-order valence-corrected chi connectivity index (χ2v) is 5.71. The second-order valence-electron chi connectivity index (χ2n) is 5.71. The number of ether oxygens (including phenoxy) is 2. The average molecular weight is 301 g/mol. The maximum atomic E-state index is 8.97. The number of morpholine rings is 1. The van der Waals surface area contributed by atoms with E-state index < -0.39 is 0 Å². The van der Waals surface area contributed by atoms with Crippen molar-refractivity contribution < 1.29 is 14.6 Å². The number of nitrogens with zero attached hydrogens (tertiary/aromatic N) is 1. The van der Waals surface area contributed by atoms with Crippen LogP contribution in [0.5, 0.6) is 5.75 Å². The molecule has 0 saturated carbocycles. The highest BCUT2D eigenvalue weighted by atomic mass is 16.5. The molecular weight excluding hydrogens is 278 g/mol. The van der Waals surface area contributed by atoms with Crippen LogP contribution < -0.4 is 4.74 Å². The first-order valence-corrected chi connectivity index (χ1v) is 7.82. The first-order chi connectivity index (χ1) is 10.8. The molecule has 3 rings (SSSR count). The van der Waals surface area contributed by atoms with Gasteiger partial charge in [-0.15, -0.1) is 0 Å². The van der Waals surface area contributed by atoms with E-state index in [1.807, 2.05) is 12.1 Å². The van der Waals surface area contributed by atoms with Gasteiger partial charge in [-0.05, 0) is 41.0 Å². The van der Waals surface area contributed by atoms with Crippen LogP contribution in [0, 0.1) is 0 Å². The molecule has 0 unspecified atom stereocenters. The van der Waals surface area contributed by atoms with E-state index in [1.165, 1.54) is 16.3 Å². The zero-order valence-electron chi connectivity index (χ0n) is 13.0. The van der Waals surface area contributed by atoms with Crippen molar-refractivity contribution >= 4 is 10.8 Å². The molecular formula is C18H23NO3. The highest BCUT2D eigenvalue weighted by Crippen LogP contribution is 2.27. The highest BCUT2D eigenvalue weighted by Gasteiger charge is 2.21. The molecule has 0 radical (unpaired) electrons. The molecule has 1 fully saturated rings. The Balaban J connectivity index is 1.77. The van der Waals surface area contributed by atoms with Crippen LogP contribution in [0.2, 0.25) is 0 Å². The summed E-state index contributed by atoms with van der Waals surface area (Å²) in [5.74, 6) is 0.879. The van der Waals surface area contributed by atoms with Gasteiger partial charge in [0.1, 0.15) is 5.75 Å². The first kappa shape index (κ1) is 15.3. The molecule has 1 aliphatic rings. The van der Waals surface area contributed by atoms with Crippen molar-refractivity contribution in [3.05, 3.63) is 42.0 Å². The van der Waals surface area contributed by atoms with E-state index in [-0.39, 0.29) is 12.7 Å². The van der Waals surface area contributed by atoms with Crippen molar-refractivity contribution in [2.24, 2.45) is 0 Å². The van der Waals surface area contributed by atoms with Crippen molar-refractivity contribution in [3.63, 3.8) is 0 Å². The van der Waals surface area contributed by atoms with Crippen LogP contribution >= 0.6 is 0 Å². The van der Waals surface area contributed by atoms with Crippen LogP contribution in [-0.4, -0.2) is 50.0 Å². The number of benzene rings is 2. The van der Waals surface area contributed by atoms with Gasteiger partial charge in [0.05, 0.1) is 19.8 Å². The van der Waals surface area contributed by atoms with E-state index in [0.29, 0.717) is 0 Å². The summed E-state index contributed by atoms with van der Waals surface area (Å²) >= 11 is 0. The van der Waals surface area contributed by atoms with E-state index >= 15 is 0 Å². The lowest BCUT2D eigenvalue weighted by Crippen LogP contribution is -2.39. The summed E-state index contributed by atoms with van der Waals surface area (Å²) in [6.07, 6.45) is 0.934. The molecule has 1 aliphatic heterocycles. The first-order valence-electron chi connectivity index (χ1n) is 7.82. The monoisotopic (exact) mass is 301 g/mol. The Morgan fingerprint density at radius 1 is 1.23 bits per heavy atom. The number of rotatable bonds is 5. The lowest BCUT2D eigenvalue weighted by atomic mass is 10.0. The van der Waals surface area contributed by atoms with E-state index in [4.69, 9.17) is 14.6 Å². The van der Waals surface area contributed by atoms with Gasteiger partial charge in [-0.2, -0.15) is 0 Å². The van der Waals surface area contributed by atoms with E-state index in [2.05, 4.69) is 29.2 Å². The number of aliphatic hydroxyl groups is 1. The van der Waals surface area contributed by atoms with Crippen LogP contribution in [0.4, 0.5) is 0 Å². The summed E-state index contributed by atoms with van der Waals surface area (Å²) in [6.45, 7) is 3.76. The largest absolute Gasteiger partial charge is 0.497 e. The van der Waals surface area contributed by atoms with Crippen LogP contribution in [0.15, 0.2) is 36.4 Å². The molecule has 0 amide bonds. The molecule has 2 aromatic carbocycles. The Kier molecular flexibility index (Phi) is 4.93. The van der Waals surface area contributed by atoms with Gasteiger partial charge < -0.3 is 14.6 Å². The second kappa shape index (κ2) is 7.09. The Bertz CT molecular complexity index is 629. The third-order valence-corrected chi connectivity index (χ3v) is 4.23. The van der Waals surface area contributed by atoms with Crippen LogP contribution in [0.3, 0.4) is 0 Å². The SMILES string of the molecule is COc1ccc2cc([C@H]3CN(CCCO)CCO3)ccc2c1. The van der Waals surface area contributed by atoms with Crippen molar-refractivity contribution in [2.75, 3.05) is 40.0 Å². The third kappa shape index (κ3) is 3.40. The minimum Gasteiger partial charge on any atom is -0.497 e. The Labute approximate surface area is 131 Å². The van der Waals surface area contributed by atoms with Gasteiger partial charge in [-0.25, -0.2) is 0 Å². The summed E-state index contributed by atoms with van der Waals surface area (Å²) < 4.78 is 11.2. The lowest BCUT2D eigenvalue weighted by Gasteiger charge is -2.33. The van der Waals surface area contributed by atoms with Crippen LogP contribution in [0.25, 0.3) is 10.8 Å². The van der Waals surface area contributed by atoms with Gasteiger partial charge in [-0.3, -0.25) is 4.90 Å². The molecule has 0 bridgehead atoms. The number of fused-ring (bicyclic) bond motifs is 1. The van der Waals surface area contributed by atoms with E-state index in [9.17, 15) is 0 Å². The molecule has 2 aromatic rings. The summed E-state index contributed by atoms with van der Waals surface area (Å²) in [5.41, 5.74) is 1.21. The fourth-order valence-corrected chi connectivity index (χ4v) is 2.97. The number of methoxy groups -OCH3 is 1. The summed E-state index contributed by atoms with van der Waals surface area (Å²) in [4.78, 5) is 2.36. The predicted molar refractivity (Wildman–Crippen MR) is 87.3 cm³/mol. The Morgan fingerprint density at radius 3 is 2.86 bits per heavy atom. The zero-order valence-corrected chi connectivity index (χ0v) is 13.0. The molecule has 22 heavy (non-hydrogen) atoms. The Morgan fingerprint density at radius 2 is 2.05 bits per heavy atom. The molecule has 4 nitrogen and oxygen atoms in total. The molecule has 1 heterocycles. The van der Waals surface area contributed by atoms with E-state index in [0.717, 1.165) is 38.4 Å². The summed E-state index contributed by atoms with van der Waals surface area (Å²) in [6, 6.07) is 12.6. The maximum absolute atomic E-state index is 8.97. The molecule has 1 atom stereocenters. The minimum absolute atomic E-state index is 0.110. The third-order valence-electron chi connectivity index (χ3n) is 4.23. The highest BCUT2D eigenvalue weighted by molar-refractivity contribution is 5.84. The van der Waals surface area contributed by atoms with Crippen molar-refractivity contribution in [1.29, 1.82) is 0 Å². The molecule has 4 heteroatoms. The van der Waals surface area contributed by atoms with Crippen LogP contribution in [0.1, 0.15) is 18.1 Å². The van der Waals surface area contributed by atoms with Gasteiger partial charge in [0.15, 0.2) is 0 Å². The van der Waals surface area contributed by atoms with Crippen molar-refractivity contribution in [1.82, 2.24) is 4.90 Å². The quantitative estimate of drug-likeness (QED) is 0.922. The van der Waals surface area contributed by atoms with Gasteiger partial charge in [0, 0.05) is 26.2 Å². The smallest absolute Gasteiger partial charge is 0.119 e. The zero-order chi connectivity index (χ0) is 15.4. The van der Waals surface area contributed by atoms with Gasteiger partial charge in [0.25, 0.3) is 0 Å². The van der Waals surface area contributed by atoms with E-state index in [1.54, 1.807) is 7.11 Å². The lowest BCUT2D eigenvalue weighted by molar-refractivity contribution is -0.0311. The fourth-order valence-electron chi connectivity index (χ4n) is 2.97. The number of hydrogen-bond donors (Lipinski definition) is 1. The molecule has 0 aliphatic carbocycles. The molecule has 1 N–H and O–H groups in total. The standard InChI is InChI=1S/C18H23NO3/c1-21-17-6-5-14-11-16(4-3-15(14)12-17)18-13-19(7-2-9-20)8-10-22-18/h3-6,11-12,18,20H,2,7-10,13H2,1H3/t18-/m1/s1. The van der Waals surface area contributed by atoms with Gasteiger partial charge in [-0.1, -0.05) is 18.2 Å². The molecule has 118 valence electrons. The minimum atomic E-state index is 0.110. The Hall–Kier alpha value is -1.62. The normalized spacial score (nSPS) is 19.5. The number of hydrogen-bond acceptors (Lipinski definition) is 4. The fraction of sp³-hybridized carbons (Fsp3) is 0.444. The number of aliphatic hydroxyl groups excluding tert-OH is 1. The van der Waals surface area contributed by atoms with Gasteiger partial charge >= 0.3 is 0 Å². The van der Waals surface area contributed by atoms with Crippen molar-refractivity contribution in [3.8, 4) is 5.75 Å². The summed E-state index contributed by atoms with van der Waals surface area (Å²) in [5, 5.41) is 11.4. The van der Waals surface area contributed by atoms with Crippen molar-refractivity contribution in [2.45, 2.75) is 12.5 Å². The summed E-state index contributed by atoms with van der Waals surface area (Å²) in [7, 11) is 1.69.